The first-order valence-electron chi connectivity index (χ1n) is 5.86. The zero-order valence-electron chi connectivity index (χ0n) is 10.7. The Morgan fingerprint density at radius 1 is 1.29 bits per heavy atom. The highest BCUT2D eigenvalue weighted by atomic mass is 79.9. The largest absolute Gasteiger partial charge is 0.482 e. The Morgan fingerprint density at radius 2 is 2.05 bits per heavy atom. The lowest BCUT2D eigenvalue weighted by atomic mass is 10.2. The van der Waals surface area contributed by atoms with Gasteiger partial charge in [-0.1, -0.05) is 28.1 Å². The standard InChI is InChI=1S/C14H10BrNO5/c15-11-3-1-2-9(6-11)8-21-13-7-10(14(17)18)4-5-12(13)16(19)20/h1-7H,8H2,(H,17,18). The van der Waals surface area contributed by atoms with Gasteiger partial charge in [-0.3, -0.25) is 10.1 Å². The number of aromatic carboxylic acids is 1. The number of carbonyl (C=O) groups is 1. The van der Waals surface area contributed by atoms with E-state index in [0.29, 0.717) is 0 Å². The number of nitrogens with zero attached hydrogens (tertiary/aromatic N) is 1. The van der Waals surface area contributed by atoms with Crippen LogP contribution in [0.15, 0.2) is 46.9 Å². The van der Waals surface area contributed by atoms with E-state index >= 15 is 0 Å². The third-order valence-corrected chi connectivity index (χ3v) is 3.18. The van der Waals surface area contributed by atoms with E-state index in [-0.39, 0.29) is 23.6 Å². The van der Waals surface area contributed by atoms with E-state index < -0.39 is 10.9 Å². The van der Waals surface area contributed by atoms with Gasteiger partial charge < -0.3 is 9.84 Å². The van der Waals surface area contributed by atoms with Gasteiger partial charge in [-0.2, -0.15) is 0 Å². The van der Waals surface area contributed by atoms with Crippen molar-refractivity contribution in [1.29, 1.82) is 0 Å². The first kappa shape index (κ1) is 15.0. The lowest BCUT2D eigenvalue weighted by molar-refractivity contribution is -0.385. The van der Waals surface area contributed by atoms with Gasteiger partial charge in [0.15, 0.2) is 5.75 Å². The average molecular weight is 352 g/mol. The molecule has 0 unspecified atom stereocenters. The second-order valence-electron chi connectivity index (χ2n) is 4.16. The second kappa shape index (κ2) is 6.36. The van der Waals surface area contributed by atoms with Crippen molar-refractivity contribution in [2.75, 3.05) is 0 Å². The number of halogens is 1. The summed E-state index contributed by atoms with van der Waals surface area (Å²) >= 11 is 3.32. The Morgan fingerprint density at radius 3 is 2.67 bits per heavy atom. The number of rotatable bonds is 5. The highest BCUT2D eigenvalue weighted by molar-refractivity contribution is 9.10. The Labute approximate surface area is 128 Å². The van der Waals surface area contributed by atoms with Crippen molar-refractivity contribution in [3.8, 4) is 5.75 Å². The lowest BCUT2D eigenvalue weighted by Crippen LogP contribution is -2.02. The number of nitro benzene ring substituents is 1. The molecule has 2 aromatic carbocycles. The van der Waals surface area contributed by atoms with E-state index in [0.717, 1.165) is 22.2 Å². The molecular formula is C14H10BrNO5. The van der Waals surface area contributed by atoms with E-state index in [4.69, 9.17) is 9.84 Å². The molecule has 0 atom stereocenters. The van der Waals surface area contributed by atoms with Gasteiger partial charge in [0.25, 0.3) is 0 Å². The molecular weight excluding hydrogens is 342 g/mol. The second-order valence-corrected chi connectivity index (χ2v) is 5.08. The van der Waals surface area contributed by atoms with Crippen molar-refractivity contribution < 1.29 is 19.6 Å². The Bertz CT molecular complexity index is 702. The fourth-order valence-corrected chi connectivity index (χ4v) is 2.15. The lowest BCUT2D eigenvalue weighted by Gasteiger charge is -2.08. The van der Waals surface area contributed by atoms with E-state index in [1.807, 2.05) is 18.2 Å². The number of ether oxygens (including phenoxy) is 1. The minimum Gasteiger partial charge on any atom is -0.482 e. The van der Waals surface area contributed by atoms with Crippen molar-refractivity contribution >= 4 is 27.6 Å². The average Bonchev–Trinajstić information content (AvgIpc) is 2.44. The zero-order chi connectivity index (χ0) is 15.4. The van der Waals surface area contributed by atoms with Gasteiger partial charge in [0, 0.05) is 16.6 Å². The van der Waals surface area contributed by atoms with E-state index in [2.05, 4.69) is 15.9 Å². The third kappa shape index (κ3) is 3.79. The smallest absolute Gasteiger partial charge is 0.335 e. The summed E-state index contributed by atoms with van der Waals surface area (Å²) in [5.41, 5.74) is 0.472. The number of benzene rings is 2. The first-order chi connectivity index (χ1) is 9.97. The van der Waals surface area contributed by atoms with E-state index in [9.17, 15) is 14.9 Å². The van der Waals surface area contributed by atoms with E-state index in [1.165, 1.54) is 6.07 Å². The van der Waals surface area contributed by atoms with Crippen molar-refractivity contribution in [2.24, 2.45) is 0 Å². The molecule has 0 amide bonds. The number of hydrogen-bond acceptors (Lipinski definition) is 4. The highest BCUT2D eigenvalue weighted by Crippen LogP contribution is 2.29. The van der Waals surface area contributed by atoms with Crippen LogP contribution in [0.2, 0.25) is 0 Å². The van der Waals surface area contributed by atoms with Crippen molar-refractivity contribution in [3.63, 3.8) is 0 Å². The van der Waals surface area contributed by atoms with E-state index in [1.54, 1.807) is 6.07 Å². The predicted octanol–water partition coefficient (Wildman–Crippen LogP) is 3.63. The summed E-state index contributed by atoms with van der Waals surface area (Å²) < 4.78 is 6.26. The maximum absolute atomic E-state index is 10.9. The molecule has 0 heterocycles. The van der Waals surface area contributed by atoms with Crippen LogP contribution >= 0.6 is 15.9 Å². The monoisotopic (exact) mass is 351 g/mol. The summed E-state index contributed by atoms with van der Waals surface area (Å²) in [5.74, 6) is -1.24. The number of carboxylic acids is 1. The molecule has 0 fully saturated rings. The minimum absolute atomic E-state index is 0.0650. The predicted molar refractivity (Wildman–Crippen MR) is 78.5 cm³/mol. The van der Waals surface area contributed by atoms with Crippen LogP contribution in [0.3, 0.4) is 0 Å². The van der Waals surface area contributed by atoms with Crippen LogP contribution in [-0.4, -0.2) is 16.0 Å². The number of carboxylic acid groups (broad SMARTS) is 1. The quantitative estimate of drug-likeness (QED) is 0.656. The summed E-state index contributed by atoms with van der Waals surface area (Å²) in [5, 5.41) is 19.9. The maximum atomic E-state index is 10.9. The van der Waals surface area contributed by atoms with Gasteiger partial charge >= 0.3 is 11.7 Å². The highest BCUT2D eigenvalue weighted by Gasteiger charge is 2.18. The molecule has 0 aliphatic carbocycles. The van der Waals surface area contributed by atoms with Crippen LogP contribution in [0.25, 0.3) is 0 Å². The molecule has 6 nitrogen and oxygen atoms in total. The van der Waals surface area contributed by atoms with Crippen molar-refractivity contribution in [3.05, 3.63) is 68.2 Å². The van der Waals surface area contributed by atoms with Crippen LogP contribution < -0.4 is 4.74 Å². The molecule has 0 saturated heterocycles. The SMILES string of the molecule is O=C(O)c1ccc([N+](=O)[O-])c(OCc2cccc(Br)c2)c1. The van der Waals surface area contributed by atoms with Gasteiger partial charge in [-0.25, -0.2) is 4.79 Å². The molecule has 0 saturated carbocycles. The summed E-state index contributed by atoms with van der Waals surface area (Å²) in [6.45, 7) is 0.101. The van der Waals surface area contributed by atoms with Gasteiger partial charge in [0.1, 0.15) is 6.61 Å². The molecule has 2 rings (SSSR count). The van der Waals surface area contributed by atoms with Crippen LogP contribution in [0.1, 0.15) is 15.9 Å². The van der Waals surface area contributed by atoms with Crippen LogP contribution in [0.4, 0.5) is 5.69 Å². The molecule has 1 N–H and O–H groups in total. The normalized spacial score (nSPS) is 10.1. The third-order valence-electron chi connectivity index (χ3n) is 2.69. The summed E-state index contributed by atoms with van der Waals surface area (Å²) in [6, 6.07) is 10.7. The molecule has 0 spiro atoms. The fraction of sp³-hybridized carbons (Fsp3) is 0.0714. The van der Waals surface area contributed by atoms with Crippen LogP contribution in [-0.2, 0) is 6.61 Å². The molecule has 0 aliphatic heterocycles. The number of nitro groups is 1. The van der Waals surface area contributed by atoms with Gasteiger partial charge in [-0.15, -0.1) is 0 Å². The summed E-state index contributed by atoms with van der Waals surface area (Å²) in [7, 11) is 0. The first-order valence-corrected chi connectivity index (χ1v) is 6.65. The molecule has 21 heavy (non-hydrogen) atoms. The molecule has 0 aromatic heterocycles. The fourth-order valence-electron chi connectivity index (χ4n) is 1.70. The van der Waals surface area contributed by atoms with Gasteiger partial charge in [0.2, 0.25) is 0 Å². The van der Waals surface area contributed by atoms with Crippen LogP contribution in [0, 0.1) is 10.1 Å². The topological polar surface area (TPSA) is 89.7 Å². The molecule has 0 radical (unpaired) electrons. The van der Waals surface area contributed by atoms with Crippen molar-refractivity contribution in [2.45, 2.75) is 6.61 Å². The molecule has 0 bridgehead atoms. The van der Waals surface area contributed by atoms with Gasteiger partial charge in [-0.05, 0) is 23.8 Å². The maximum Gasteiger partial charge on any atom is 0.335 e. The molecule has 2 aromatic rings. The Balaban J connectivity index is 2.26. The number of hydrogen-bond donors (Lipinski definition) is 1. The molecule has 7 heteroatoms. The Kier molecular flexibility index (Phi) is 4.54. The molecule has 0 aliphatic rings. The summed E-state index contributed by atoms with van der Waals surface area (Å²) in [4.78, 5) is 21.3. The summed E-state index contributed by atoms with van der Waals surface area (Å²) in [6.07, 6.45) is 0. The van der Waals surface area contributed by atoms with Crippen molar-refractivity contribution in [1.82, 2.24) is 0 Å². The molecule has 108 valence electrons. The zero-order valence-corrected chi connectivity index (χ0v) is 12.2. The van der Waals surface area contributed by atoms with Crippen LogP contribution in [0.5, 0.6) is 5.75 Å². The van der Waals surface area contributed by atoms with Gasteiger partial charge in [0.05, 0.1) is 10.5 Å². The minimum atomic E-state index is -1.17. The Hall–Kier alpha value is -2.41.